The average molecular weight is 722 g/mol. The number of hydrogen-bond acceptors (Lipinski definition) is 3. The van der Waals surface area contributed by atoms with E-state index in [1.807, 2.05) is 0 Å². The van der Waals surface area contributed by atoms with Gasteiger partial charge in [0.05, 0.1) is 0 Å². The summed E-state index contributed by atoms with van der Waals surface area (Å²) in [7, 11) is 0. The Bertz CT molecular complexity index is 2750. The fourth-order valence-corrected chi connectivity index (χ4v) is 10.8. The van der Waals surface area contributed by atoms with Crippen molar-refractivity contribution in [3.8, 4) is 67.5 Å². The smallest absolute Gasteiger partial charge is 0.164 e. The first-order valence-electron chi connectivity index (χ1n) is 20.4. The summed E-state index contributed by atoms with van der Waals surface area (Å²) in [5.74, 6) is 4.32. The average Bonchev–Trinajstić information content (AvgIpc) is 3.55. The van der Waals surface area contributed by atoms with Crippen LogP contribution >= 0.6 is 0 Å². The van der Waals surface area contributed by atoms with Gasteiger partial charge >= 0.3 is 0 Å². The quantitative estimate of drug-likeness (QED) is 0.178. The van der Waals surface area contributed by atoms with Crippen molar-refractivity contribution < 1.29 is 0 Å². The minimum absolute atomic E-state index is 0.0478. The monoisotopic (exact) mass is 721 g/mol. The molecule has 2 saturated carbocycles. The highest BCUT2D eigenvalue weighted by Gasteiger charge is 2.53. The lowest BCUT2D eigenvalue weighted by Crippen LogP contribution is -2.44. The molecule has 4 atom stereocenters. The fourth-order valence-electron chi connectivity index (χ4n) is 10.8. The maximum atomic E-state index is 5.29. The molecular formula is C53H43N3. The van der Waals surface area contributed by atoms with E-state index < -0.39 is 0 Å². The molecule has 1 heterocycles. The second kappa shape index (κ2) is 13.2. The number of rotatable bonds is 5. The second-order valence-electron chi connectivity index (χ2n) is 16.6. The standard InChI is InChI=1S/C53H43N3/c1-34-29-35-27-28-53(44(30-34)31-35)47-25-24-43(33-46(47)49-45-18-9-8-15-39(45)23-26-48(49)53)52-55-50(40-21-19-38(20-22-40)36-11-4-2-5-12-36)54-51(56-52)42-17-10-16-41(32-42)37-13-6-3-7-14-37/h2-26,32-35,44H,27-31H2,1H3. The topological polar surface area (TPSA) is 38.7 Å². The van der Waals surface area contributed by atoms with Gasteiger partial charge in [-0.25, -0.2) is 15.0 Å². The zero-order chi connectivity index (χ0) is 37.2. The van der Waals surface area contributed by atoms with Gasteiger partial charge in [0.1, 0.15) is 0 Å². The summed E-state index contributed by atoms with van der Waals surface area (Å²) in [6.45, 7) is 2.49. The lowest BCUT2D eigenvalue weighted by molar-refractivity contribution is 0.0856. The predicted molar refractivity (Wildman–Crippen MR) is 230 cm³/mol. The van der Waals surface area contributed by atoms with Crippen molar-refractivity contribution in [3.63, 3.8) is 0 Å². The van der Waals surface area contributed by atoms with Crippen LogP contribution in [0.15, 0.2) is 164 Å². The van der Waals surface area contributed by atoms with Gasteiger partial charge in [-0.1, -0.05) is 159 Å². The van der Waals surface area contributed by atoms with Crippen molar-refractivity contribution >= 4 is 10.8 Å². The molecule has 11 rings (SSSR count). The summed E-state index contributed by atoms with van der Waals surface area (Å²) in [5, 5.41) is 2.65. The predicted octanol–water partition coefficient (Wildman–Crippen LogP) is 13.5. The number of fused-ring (bicyclic) bond motifs is 10. The summed E-state index contributed by atoms with van der Waals surface area (Å²) in [6.07, 6.45) is 6.55. The Morgan fingerprint density at radius 2 is 1.04 bits per heavy atom. The fraction of sp³-hybridized carbons (Fsp3) is 0.189. The maximum absolute atomic E-state index is 5.29. The third kappa shape index (κ3) is 5.44. The van der Waals surface area contributed by atoms with Crippen molar-refractivity contribution in [2.75, 3.05) is 0 Å². The third-order valence-electron chi connectivity index (χ3n) is 13.2. The molecule has 8 aromatic rings. The Morgan fingerprint density at radius 3 is 1.80 bits per heavy atom. The van der Waals surface area contributed by atoms with E-state index in [1.165, 1.54) is 81.8 Å². The van der Waals surface area contributed by atoms with E-state index in [-0.39, 0.29) is 5.41 Å². The van der Waals surface area contributed by atoms with E-state index in [9.17, 15) is 0 Å². The van der Waals surface area contributed by atoms with Gasteiger partial charge < -0.3 is 0 Å². The third-order valence-corrected chi connectivity index (χ3v) is 13.2. The minimum Gasteiger partial charge on any atom is -0.208 e. The molecule has 4 unspecified atom stereocenters. The highest BCUT2D eigenvalue weighted by molar-refractivity contribution is 6.03. The first kappa shape index (κ1) is 33.2. The van der Waals surface area contributed by atoms with Gasteiger partial charge in [-0.05, 0) is 117 Å². The number of benzene rings is 7. The van der Waals surface area contributed by atoms with E-state index in [4.69, 9.17) is 15.0 Å². The highest BCUT2D eigenvalue weighted by Crippen LogP contribution is 2.63. The molecule has 0 amide bonds. The minimum atomic E-state index is 0.0478. The van der Waals surface area contributed by atoms with E-state index in [0.29, 0.717) is 23.4 Å². The van der Waals surface area contributed by atoms with Gasteiger partial charge in [-0.15, -0.1) is 0 Å². The molecule has 3 aliphatic carbocycles. The van der Waals surface area contributed by atoms with E-state index in [2.05, 4.69) is 171 Å². The molecule has 3 aliphatic rings. The first-order chi connectivity index (χ1) is 27.6. The van der Waals surface area contributed by atoms with Crippen LogP contribution in [-0.2, 0) is 5.41 Å². The van der Waals surface area contributed by atoms with Crippen LogP contribution in [0.2, 0.25) is 0 Å². The largest absolute Gasteiger partial charge is 0.208 e. The number of aromatic nitrogens is 3. The van der Waals surface area contributed by atoms with Crippen molar-refractivity contribution in [1.82, 2.24) is 15.0 Å². The molecule has 0 N–H and O–H groups in total. The second-order valence-corrected chi connectivity index (χ2v) is 16.6. The van der Waals surface area contributed by atoms with Crippen LogP contribution in [0.3, 0.4) is 0 Å². The van der Waals surface area contributed by atoms with Crippen LogP contribution in [0.5, 0.6) is 0 Å². The zero-order valence-electron chi connectivity index (χ0n) is 31.7. The van der Waals surface area contributed by atoms with Gasteiger partial charge in [0.2, 0.25) is 0 Å². The molecule has 2 fully saturated rings. The van der Waals surface area contributed by atoms with Gasteiger partial charge in [-0.2, -0.15) is 0 Å². The Kier molecular flexibility index (Phi) is 7.84. The molecule has 3 heteroatoms. The first-order valence-corrected chi connectivity index (χ1v) is 20.4. The highest BCUT2D eigenvalue weighted by atomic mass is 15.0. The lowest BCUT2D eigenvalue weighted by Gasteiger charge is -2.50. The van der Waals surface area contributed by atoms with Crippen LogP contribution < -0.4 is 0 Å². The van der Waals surface area contributed by atoms with Gasteiger partial charge in [0.25, 0.3) is 0 Å². The van der Waals surface area contributed by atoms with Crippen LogP contribution in [0.1, 0.15) is 50.2 Å². The molecule has 56 heavy (non-hydrogen) atoms. The Morgan fingerprint density at radius 1 is 0.464 bits per heavy atom. The normalized spacial score (nSPS) is 20.8. The molecule has 1 spiro atoms. The van der Waals surface area contributed by atoms with Crippen molar-refractivity contribution in [2.24, 2.45) is 17.8 Å². The van der Waals surface area contributed by atoms with Gasteiger partial charge in [0.15, 0.2) is 17.5 Å². The van der Waals surface area contributed by atoms with Crippen molar-refractivity contribution in [1.29, 1.82) is 0 Å². The van der Waals surface area contributed by atoms with Crippen LogP contribution in [0.25, 0.3) is 78.3 Å². The molecule has 2 bridgehead atoms. The van der Waals surface area contributed by atoms with Crippen molar-refractivity contribution in [2.45, 2.75) is 44.4 Å². The number of nitrogens with zero attached hydrogens (tertiary/aromatic N) is 3. The van der Waals surface area contributed by atoms with Crippen LogP contribution in [0.4, 0.5) is 0 Å². The summed E-state index contributed by atoms with van der Waals surface area (Å²) in [6, 6.07) is 59.2. The number of hydrogen-bond donors (Lipinski definition) is 0. The molecular weight excluding hydrogens is 679 g/mol. The lowest BCUT2D eigenvalue weighted by atomic mass is 9.53. The van der Waals surface area contributed by atoms with Crippen molar-refractivity contribution in [3.05, 3.63) is 175 Å². The molecule has 3 nitrogen and oxygen atoms in total. The van der Waals surface area contributed by atoms with Gasteiger partial charge in [0, 0.05) is 22.1 Å². The summed E-state index contributed by atoms with van der Waals surface area (Å²) in [5.41, 5.74) is 13.5. The van der Waals surface area contributed by atoms with Crippen LogP contribution in [0, 0.1) is 17.8 Å². The summed E-state index contributed by atoms with van der Waals surface area (Å²) in [4.78, 5) is 15.7. The Labute approximate surface area is 329 Å². The molecule has 1 aromatic heterocycles. The van der Waals surface area contributed by atoms with E-state index in [1.54, 1.807) is 0 Å². The summed E-state index contributed by atoms with van der Waals surface area (Å²) < 4.78 is 0. The van der Waals surface area contributed by atoms with E-state index in [0.717, 1.165) is 34.1 Å². The molecule has 7 aromatic carbocycles. The zero-order valence-corrected chi connectivity index (χ0v) is 31.7. The van der Waals surface area contributed by atoms with Crippen LogP contribution in [-0.4, -0.2) is 15.0 Å². The SMILES string of the molecule is CC1CC2CCC3(c4ccc(-c5nc(-c6ccc(-c7ccccc7)cc6)nc(-c6cccc(-c7ccccc7)c6)n5)cc4-c4c3ccc3ccccc43)C(C1)C2. The maximum Gasteiger partial charge on any atom is 0.164 e. The van der Waals surface area contributed by atoms with E-state index >= 15 is 0 Å². The Hall–Kier alpha value is -6.19. The Balaban J connectivity index is 1.09. The molecule has 270 valence electrons. The molecule has 0 radical (unpaired) electrons. The van der Waals surface area contributed by atoms with Gasteiger partial charge in [-0.3, -0.25) is 0 Å². The molecule has 0 saturated heterocycles. The molecule has 0 aliphatic heterocycles. The summed E-state index contributed by atoms with van der Waals surface area (Å²) >= 11 is 0.